The molecule has 0 saturated heterocycles. The van der Waals surface area contributed by atoms with Gasteiger partial charge in [-0.3, -0.25) is 0 Å². The molecule has 0 aromatic heterocycles. The molecule has 1 aliphatic rings. The van der Waals surface area contributed by atoms with Gasteiger partial charge in [0, 0.05) is 18.6 Å². The summed E-state index contributed by atoms with van der Waals surface area (Å²) in [6, 6.07) is 0.808. The SMILES string of the molecule is CC(C)NC(CNC(=O)OC(C)(C)C)C1CCC1. The first-order valence-corrected chi connectivity index (χ1v) is 7.01. The lowest BCUT2D eigenvalue weighted by Gasteiger charge is -2.35. The molecule has 1 amide bonds. The Morgan fingerprint density at radius 1 is 1.33 bits per heavy atom. The Morgan fingerprint density at radius 3 is 2.33 bits per heavy atom. The Morgan fingerprint density at radius 2 is 1.94 bits per heavy atom. The van der Waals surface area contributed by atoms with E-state index in [0.717, 1.165) is 0 Å². The Labute approximate surface area is 111 Å². The Bertz CT molecular complexity index is 267. The molecule has 1 fully saturated rings. The van der Waals surface area contributed by atoms with Crippen LogP contribution in [-0.4, -0.2) is 30.3 Å². The second kappa shape index (κ2) is 6.41. The smallest absolute Gasteiger partial charge is 0.407 e. The van der Waals surface area contributed by atoms with Crippen molar-refractivity contribution < 1.29 is 9.53 Å². The minimum atomic E-state index is -0.429. The third-order valence-electron chi connectivity index (χ3n) is 3.13. The lowest BCUT2D eigenvalue weighted by atomic mass is 9.79. The maximum Gasteiger partial charge on any atom is 0.407 e. The van der Waals surface area contributed by atoms with Gasteiger partial charge in [0.15, 0.2) is 0 Å². The van der Waals surface area contributed by atoms with E-state index in [4.69, 9.17) is 4.74 Å². The molecule has 0 spiro atoms. The average Bonchev–Trinajstić information content (AvgIpc) is 2.07. The summed E-state index contributed by atoms with van der Waals surface area (Å²) < 4.78 is 5.25. The summed E-state index contributed by atoms with van der Waals surface area (Å²) in [6.07, 6.45) is 3.52. The van der Waals surface area contributed by atoms with Gasteiger partial charge in [0.05, 0.1) is 0 Å². The normalized spacial score (nSPS) is 18.3. The summed E-state index contributed by atoms with van der Waals surface area (Å²) >= 11 is 0. The van der Waals surface area contributed by atoms with Crippen molar-refractivity contribution in [2.45, 2.75) is 71.6 Å². The summed E-state index contributed by atoms with van der Waals surface area (Å²) in [4.78, 5) is 11.6. The molecule has 1 atom stereocenters. The maximum atomic E-state index is 11.6. The Hall–Kier alpha value is -0.770. The van der Waals surface area contributed by atoms with Crippen LogP contribution in [0.15, 0.2) is 0 Å². The Kier molecular flexibility index (Phi) is 5.45. The number of hydrogen-bond donors (Lipinski definition) is 2. The third-order valence-corrected chi connectivity index (χ3v) is 3.13. The van der Waals surface area contributed by atoms with Gasteiger partial charge >= 0.3 is 6.09 Å². The molecule has 18 heavy (non-hydrogen) atoms. The standard InChI is InChI=1S/C14H28N2O2/c1-10(2)16-12(11-7-6-8-11)9-15-13(17)18-14(3,4)5/h10-12,16H,6-9H2,1-5H3,(H,15,17). The molecule has 0 aliphatic heterocycles. The summed E-state index contributed by atoms with van der Waals surface area (Å²) in [5, 5.41) is 6.40. The van der Waals surface area contributed by atoms with Crippen LogP contribution in [0.25, 0.3) is 0 Å². The largest absolute Gasteiger partial charge is 0.444 e. The molecule has 4 heteroatoms. The van der Waals surface area contributed by atoms with Crippen LogP contribution in [0.5, 0.6) is 0 Å². The van der Waals surface area contributed by atoms with Gasteiger partial charge in [-0.25, -0.2) is 4.79 Å². The number of ether oxygens (including phenoxy) is 1. The highest BCUT2D eigenvalue weighted by Crippen LogP contribution is 2.29. The predicted molar refractivity (Wildman–Crippen MR) is 73.6 cm³/mol. The van der Waals surface area contributed by atoms with E-state index in [1.54, 1.807) is 0 Å². The molecular weight excluding hydrogens is 228 g/mol. The quantitative estimate of drug-likeness (QED) is 0.795. The van der Waals surface area contributed by atoms with Crippen LogP contribution in [-0.2, 0) is 4.74 Å². The highest BCUT2D eigenvalue weighted by atomic mass is 16.6. The number of rotatable bonds is 5. The number of carbonyl (C=O) groups is 1. The van der Waals surface area contributed by atoms with E-state index in [2.05, 4.69) is 24.5 Å². The third kappa shape index (κ3) is 5.71. The first kappa shape index (κ1) is 15.3. The fourth-order valence-corrected chi connectivity index (χ4v) is 2.14. The Balaban J connectivity index is 2.34. The monoisotopic (exact) mass is 256 g/mol. The van der Waals surface area contributed by atoms with Gasteiger partial charge in [-0.1, -0.05) is 20.3 Å². The van der Waals surface area contributed by atoms with Crippen molar-refractivity contribution in [3.8, 4) is 0 Å². The van der Waals surface area contributed by atoms with E-state index >= 15 is 0 Å². The zero-order chi connectivity index (χ0) is 13.8. The number of alkyl carbamates (subject to hydrolysis) is 1. The molecule has 0 bridgehead atoms. The van der Waals surface area contributed by atoms with Gasteiger partial charge in [0.2, 0.25) is 0 Å². The molecule has 2 N–H and O–H groups in total. The van der Waals surface area contributed by atoms with Crippen LogP contribution < -0.4 is 10.6 Å². The number of nitrogens with one attached hydrogen (secondary N) is 2. The van der Waals surface area contributed by atoms with Crippen molar-refractivity contribution in [2.75, 3.05) is 6.54 Å². The van der Waals surface area contributed by atoms with Crippen LogP contribution in [0.3, 0.4) is 0 Å². The molecule has 1 saturated carbocycles. The van der Waals surface area contributed by atoms with Gasteiger partial charge in [-0.15, -0.1) is 0 Å². The van der Waals surface area contributed by atoms with E-state index in [-0.39, 0.29) is 6.09 Å². The number of carbonyl (C=O) groups excluding carboxylic acids is 1. The fourth-order valence-electron chi connectivity index (χ4n) is 2.14. The van der Waals surface area contributed by atoms with Gasteiger partial charge in [0.1, 0.15) is 5.60 Å². The molecular formula is C14H28N2O2. The first-order valence-electron chi connectivity index (χ1n) is 7.01. The second-order valence-electron chi connectivity index (χ2n) is 6.50. The van der Waals surface area contributed by atoms with Crippen LogP contribution in [0, 0.1) is 5.92 Å². The first-order chi connectivity index (χ1) is 8.28. The molecule has 1 unspecified atom stereocenters. The number of amides is 1. The molecule has 0 radical (unpaired) electrons. The molecule has 1 rings (SSSR count). The molecule has 1 aliphatic carbocycles. The molecule has 4 nitrogen and oxygen atoms in total. The minimum absolute atomic E-state index is 0.322. The maximum absolute atomic E-state index is 11.6. The van der Waals surface area contributed by atoms with Gasteiger partial charge in [-0.2, -0.15) is 0 Å². The van der Waals surface area contributed by atoms with Crippen LogP contribution in [0.1, 0.15) is 53.9 Å². The summed E-state index contributed by atoms with van der Waals surface area (Å²) in [5.41, 5.74) is -0.429. The van der Waals surface area contributed by atoms with E-state index in [9.17, 15) is 4.79 Å². The van der Waals surface area contributed by atoms with Crippen molar-refractivity contribution in [2.24, 2.45) is 5.92 Å². The van der Waals surface area contributed by atoms with Gasteiger partial charge in [0.25, 0.3) is 0 Å². The zero-order valence-corrected chi connectivity index (χ0v) is 12.4. The number of hydrogen-bond acceptors (Lipinski definition) is 3. The fraction of sp³-hybridized carbons (Fsp3) is 0.929. The van der Waals surface area contributed by atoms with E-state index in [1.165, 1.54) is 19.3 Å². The predicted octanol–water partition coefficient (Wildman–Crippen LogP) is 2.68. The van der Waals surface area contributed by atoms with Crippen LogP contribution >= 0.6 is 0 Å². The van der Waals surface area contributed by atoms with E-state index in [0.29, 0.717) is 24.5 Å². The van der Waals surface area contributed by atoms with Crippen LogP contribution in [0.2, 0.25) is 0 Å². The summed E-state index contributed by atoms with van der Waals surface area (Å²) in [6.45, 7) is 10.6. The van der Waals surface area contributed by atoms with Gasteiger partial charge in [-0.05, 0) is 39.5 Å². The summed E-state index contributed by atoms with van der Waals surface area (Å²) in [7, 11) is 0. The van der Waals surface area contributed by atoms with Crippen molar-refractivity contribution in [3.63, 3.8) is 0 Å². The zero-order valence-electron chi connectivity index (χ0n) is 12.4. The molecule has 106 valence electrons. The lowest BCUT2D eigenvalue weighted by Crippen LogP contribution is -2.50. The van der Waals surface area contributed by atoms with E-state index < -0.39 is 5.60 Å². The molecule has 0 heterocycles. The van der Waals surface area contributed by atoms with Gasteiger partial charge < -0.3 is 15.4 Å². The van der Waals surface area contributed by atoms with Crippen LogP contribution in [0.4, 0.5) is 4.79 Å². The molecule has 0 aromatic rings. The topological polar surface area (TPSA) is 50.4 Å². The highest BCUT2D eigenvalue weighted by molar-refractivity contribution is 5.67. The second-order valence-corrected chi connectivity index (χ2v) is 6.50. The minimum Gasteiger partial charge on any atom is -0.444 e. The molecule has 0 aromatic carbocycles. The van der Waals surface area contributed by atoms with Crippen molar-refractivity contribution in [1.82, 2.24) is 10.6 Å². The van der Waals surface area contributed by atoms with E-state index in [1.807, 2.05) is 20.8 Å². The summed E-state index contributed by atoms with van der Waals surface area (Å²) in [5.74, 6) is 0.697. The van der Waals surface area contributed by atoms with Crippen molar-refractivity contribution >= 4 is 6.09 Å². The highest BCUT2D eigenvalue weighted by Gasteiger charge is 2.28. The van der Waals surface area contributed by atoms with Crippen molar-refractivity contribution in [3.05, 3.63) is 0 Å². The lowest BCUT2D eigenvalue weighted by molar-refractivity contribution is 0.0511. The van der Waals surface area contributed by atoms with Crippen molar-refractivity contribution in [1.29, 1.82) is 0 Å². The average molecular weight is 256 g/mol.